The Bertz CT molecular complexity index is 272. The number of ketones is 2. The third kappa shape index (κ3) is 1.29. The van der Waals surface area contributed by atoms with E-state index in [0.717, 1.165) is 12.2 Å². The minimum Gasteiger partial charge on any atom is -0.504 e. The topological polar surface area (TPSA) is 63.6 Å². The van der Waals surface area contributed by atoms with Crippen LogP contribution in [0.2, 0.25) is 0 Å². The third-order valence-electron chi connectivity index (χ3n) is 1.23. The van der Waals surface area contributed by atoms with Crippen molar-refractivity contribution in [3.63, 3.8) is 0 Å². The second kappa shape index (κ2) is 2.57. The Hall–Kier alpha value is -1.58. The molecular weight excluding hydrogens is 148 g/mol. The Labute approximate surface area is 62.8 Å². The fourth-order valence-electron chi connectivity index (χ4n) is 0.715. The number of Topliss-reactive ketones (excluding diaryl/α,β-unsaturated/α-hetero) is 1. The molecule has 1 rings (SSSR count). The second-order valence-corrected chi connectivity index (χ2v) is 1.97. The fourth-order valence-corrected chi connectivity index (χ4v) is 0.715. The SMILES string of the molecule is COC1=CC(=O)C=C(O)C1=O. The first-order chi connectivity index (χ1) is 5.15. The number of methoxy groups -OCH3 is 1. The molecule has 0 unspecified atom stereocenters. The quantitative estimate of drug-likeness (QED) is 0.544. The summed E-state index contributed by atoms with van der Waals surface area (Å²) in [6, 6.07) is 0. The second-order valence-electron chi connectivity index (χ2n) is 1.97. The van der Waals surface area contributed by atoms with Gasteiger partial charge in [-0.15, -0.1) is 0 Å². The zero-order valence-corrected chi connectivity index (χ0v) is 5.83. The third-order valence-corrected chi connectivity index (χ3v) is 1.23. The van der Waals surface area contributed by atoms with Gasteiger partial charge in [-0.3, -0.25) is 9.59 Å². The molecule has 0 aromatic heterocycles. The van der Waals surface area contributed by atoms with Crippen molar-refractivity contribution in [2.45, 2.75) is 0 Å². The van der Waals surface area contributed by atoms with Gasteiger partial charge in [-0.25, -0.2) is 0 Å². The van der Waals surface area contributed by atoms with Gasteiger partial charge in [0, 0.05) is 12.2 Å². The summed E-state index contributed by atoms with van der Waals surface area (Å²) in [5, 5.41) is 8.82. The molecule has 0 heterocycles. The summed E-state index contributed by atoms with van der Waals surface area (Å²) < 4.78 is 4.53. The first-order valence-corrected chi connectivity index (χ1v) is 2.90. The molecule has 0 radical (unpaired) electrons. The zero-order chi connectivity index (χ0) is 8.43. The molecule has 11 heavy (non-hydrogen) atoms. The van der Waals surface area contributed by atoms with Crippen LogP contribution in [0.4, 0.5) is 0 Å². The van der Waals surface area contributed by atoms with E-state index in [9.17, 15) is 9.59 Å². The normalized spacial score (nSPS) is 17.5. The maximum Gasteiger partial charge on any atom is 0.262 e. The number of allylic oxidation sites excluding steroid dienone is 2. The summed E-state index contributed by atoms with van der Waals surface area (Å²) in [5.41, 5.74) is 0. The summed E-state index contributed by atoms with van der Waals surface area (Å²) in [4.78, 5) is 21.5. The highest BCUT2D eigenvalue weighted by Gasteiger charge is 2.21. The number of ether oxygens (including phenoxy) is 1. The predicted molar refractivity (Wildman–Crippen MR) is 35.8 cm³/mol. The van der Waals surface area contributed by atoms with E-state index in [-0.39, 0.29) is 5.76 Å². The average molecular weight is 154 g/mol. The summed E-state index contributed by atoms with van der Waals surface area (Å²) in [7, 11) is 1.26. The van der Waals surface area contributed by atoms with Crippen molar-refractivity contribution in [2.75, 3.05) is 7.11 Å². The van der Waals surface area contributed by atoms with Crippen molar-refractivity contribution in [2.24, 2.45) is 0 Å². The van der Waals surface area contributed by atoms with Gasteiger partial charge in [0.05, 0.1) is 7.11 Å². The lowest BCUT2D eigenvalue weighted by molar-refractivity contribution is -0.119. The first-order valence-electron chi connectivity index (χ1n) is 2.90. The van der Waals surface area contributed by atoms with Gasteiger partial charge in [0.1, 0.15) is 0 Å². The number of aliphatic hydroxyl groups is 1. The molecule has 58 valence electrons. The first kappa shape index (κ1) is 7.53. The van der Waals surface area contributed by atoms with Crippen LogP contribution >= 0.6 is 0 Å². The molecule has 0 amide bonds. The predicted octanol–water partition coefficient (Wildman–Crippen LogP) is 0.110. The van der Waals surface area contributed by atoms with Crippen LogP contribution in [-0.2, 0) is 14.3 Å². The molecule has 0 aromatic rings. The Kier molecular flexibility index (Phi) is 1.76. The van der Waals surface area contributed by atoms with Crippen LogP contribution in [0.15, 0.2) is 23.7 Å². The van der Waals surface area contributed by atoms with Gasteiger partial charge >= 0.3 is 0 Å². The zero-order valence-electron chi connectivity index (χ0n) is 5.83. The van der Waals surface area contributed by atoms with Crippen LogP contribution in [0.1, 0.15) is 0 Å². The van der Waals surface area contributed by atoms with Crippen LogP contribution in [0.5, 0.6) is 0 Å². The highest BCUT2D eigenvalue weighted by molar-refractivity contribution is 6.18. The van der Waals surface area contributed by atoms with E-state index < -0.39 is 17.3 Å². The van der Waals surface area contributed by atoms with Crippen molar-refractivity contribution >= 4 is 11.6 Å². The molecule has 0 spiro atoms. The molecular formula is C7H6O4. The van der Waals surface area contributed by atoms with Gasteiger partial charge in [0.25, 0.3) is 5.78 Å². The Morgan fingerprint density at radius 2 is 2.00 bits per heavy atom. The highest BCUT2D eigenvalue weighted by atomic mass is 16.5. The summed E-state index contributed by atoms with van der Waals surface area (Å²) >= 11 is 0. The van der Waals surface area contributed by atoms with Crippen LogP contribution < -0.4 is 0 Å². The molecule has 4 nitrogen and oxygen atoms in total. The van der Waals surface area contributed by atoms with E-state index in [1.807, 2.05) is 0 Å². The van der Waals surface area contributed by atoms with Gasteiger partial charge in [0.15, 0.2) is 17.3 Å². The minimum absolute atomic E-state index is 0.130. The summed E-state index contributed by atoms with van der Waals surface area (Å²) in [6.07, 6.45) is 1.88. The van der Waals surface area contributed by atoms with Gasteiger partial charge in [-0.1, -0.05) is 0 Å². The number of carbonyl (C=O) groups is 2. The van der Waals surface area contributed by atoms with Gasteiger partial charge in [-0.05, 0) is 0 Å². The van der Waals surface area contributed by atoms with Crippen molar-refractivity contribution < 1.29 is 19.4 Å². The van der Waals surface area contributed by atoms with Gasteiger partial charge in [-0.2, -0.15) is 0 Å². The average Bonchev–Trinajstić information content (AvgIpc) is 1.96. The maximum atomic E-state index is 10.8. The monoisotopic (exact) mass is 154 g/mol. The smallest absolute Gasteiger partial charge is 0.262 e. The number of carbonyl (C=O) groups excluding carboxylic acids is 2. The van der Waals surface area contributed by atoms with Crippen LogP contribution in [0.25, 0.3) is 0 Å². The molecule has 0 atom stereocenters. The highest BCUT2D eigenvalue weighted by Crippen LogP contribution is 2.10. The van der Waals surface area contributed by atoms with E-state index >= 15 is 0 Å². The van der Waals surface area contributed by atoms with E-state index in [1.54, 1.807) is 0 Å². The van der Waals surface area contributed by atoms with Crippen molar-refractivity contribution in [1.82, 2.24) is 0 Å². The lowest BCUT2D eigenvalue weighted by Crippen LogP contribution is -2.14. The Morgan fingerprint density at radius 3 is 2.55 bits per heavy atom. The van der Waals surface area contributed by atoms with Gasteiger partial charge in [0.2, 0.25) is 0 Å². The lowest BCUT2D eigenvalue weighted by atomic mass is 10.1. The van der Waals surface area contributed by atoms with Gasteiger partial charge < -0.3 is 9.84 Å². The number of rotatable bonds is 1. The number of aliphatic hydroxyl groups excluding tert-OH is 1. The molecule has 4 heteroatoms. The van der Waals surface area contributed by atoms with Crippen molar-refractivity contribution in [3.8, 4) is 0 Å². The van der Waals surface area contributed by atoms with E-state index in [4.69, 9.17) is 5.11 Å². The number of hydrogen-bond acceptors (Lipinski definition) is 4. The largest absolute Gasteiger partial charge is 0.504 e. The van der Waals surface area contributed by atoms with Crippen molar-refractivity contribution in [3.05, 3.63) is 23.7 Å². The van der Waals surface area contributed by atoms with E-state index in [1.165, 1.54) is 7.11 Å². The van der Waals surface area contributed by atoms with E-state index in [2.05, 4.69) is 4.74 Å². The van der Waals surface area contributed by atoms with Crippen LogP contribution in [0, 0.1) is 0 Å². The van der Waals surface area contributed by atoms with Crippen molar-refractivity contribution in [1.29, 1.82) is 0 Å². The Balaban J connectivity index is 3.00. The maximum absolute atomic E-state index is 10.8. The molecule has 0 aromatic carbocycles. The molecule has 0 saturated carbocycles. The van der Waals surface area contributed by atoms with E-state index in [0.29, 0.717) is 0 Å². The standard InChI is InChI=1S/C7H6O4/c1-11-6-3-4(8)2-5(9)7(6)10/h2-3,9H,1H3. The lowest BCUT2D eigenvalue weighted by Gasteiger charge is -2.06. The molecule has 0 saturated heterocycles. The minimum atomic E-state index is -0.660. The summed E-state index contributed by atoms with van der Waals surface area (Å²) in [6.45, 7) is 0. The molecule has 1 N–H and O–H groups in total. The molecule has 0 bridgehead atoms. The molecule has 1 aliphatic rings. The molecule has 0 fully saturated rings. The van der Waals surface area contributed by atoms with Crippen LogP contribution in [-0.4, -0.2) is 23.8 Å². The molecule has 0 aliphatic heterocycles. The number of hydrogen-bond donors (Lipinski definition) is 1. The summed E-state index contributed by atoms with van der Waals surface area (Å²) in [5.74, 6) is -1.81. The fraction of sp³-hybridized carbons (Fsp3) is 0.143. The Morgan fingerprint density at radius 1 is 1.36 bits per heavy atom. The van der Waals surface area contributed by atoms with Crippen LogP contribution in [0.3, 0.4) is 0 Å². The molecule has 1 aliphatic carbocycles.